The Bertz CT molecular complexity index is 2440. The van der Waals surface area contributed by atoms with Crippen LogP contribution in [-0.4, -0.2) is 55.7 Å². The lowest BCUT2D eigenvalue weighted by molar-refractivity contribution is 0.0391. The molecule has 2 heterocycles. The van der Waals surface area contributed by atoms with Crippen LogP contribution in [0.25, 0.3) is 22.9 Å². The molecule has 0 radical (unpaired) electrons. The summed E-state index contributed by atoms with van der Waals surface area (Å²) in [6.45, 7) is 13.9. The summed E-state index contributed by atoms with van der Waals surface area (Å²) in [5.41, 5.74) is -2.07. The van der Waals surface area contributed by atoms with Gasteiger partial charge in [0.05, 0.1) is 32.3 Å². The number of benzene rings is 4. The van der Waals surface area contributed by atoms with Gasteiger partial charge in [0.2, 0.25) is 23.6 Å². The Morgan fingerprint density at radius 3 is 1.25 bits per heavy atom. The predicted octanol–water partition coefficient (Wildman–Crippen LogP) is 10.1. The molecule has 0 bridgehead atoms. The Morgan fingerprint density at radius 2 is 0.905 bits per heavy atom. The van der Waals surface area contributed by atoms with Crippen molar-refractivity contribution in [3.8, 4) is 22.9 Å². The van der Waals surface area contributed by atoms with E-state index in [2.05, 4.69) is 31.0 Å². The quantitative estimate of drug-likeness (QED) is 0.0669. The molecule has 0 aliphatic carbocycles. The number of carbonyl (C=O) groups is 4. The van der Waals surface area contributed by atoms with Crippen molar-refractivity contribution in [1.29, 1.82) is 0 Å². The molecule has 0 saturated carbocycles. The fraction of sp³-hybridized carbons (Fsp3) is 0.304. The number of amides is 2. The van der Waals surface area contributed by atoms with Gasteiger partial charge in [0.25, 0.3) is 0 Å². The van der Waals surface area contributed by atoms with E-state index >= 15 is 0 Å². The molecule has 0 saturated heterocycles. The van der Waals surface area contributed by atoms with Crippen molar-refractivity contribution in [2.24, 2.45) is 0 Å². The average molecular weight is 898 g/mol. The van der Waals surface area contributed by atoms with Crippen molar-refractivity contribution in [2.75, 3.05) is 0 Å². The van der Waals surface area contributed by atoms with Gasteiger partial charge in [0, 0.05) is 12.8 Å². The Morgan fingerprint density at radius 1 is 0.540 bits per heavy atom. The van der Waals surface area contributed by atoms with Gasteiger partial charge in [-0.25, -0.2) is 19.2 Å². The normalized spacial score (nSPS) is 13.6. The minimum atomic E-state index is -1.23. The number of nitrogens with zero attached hydrogens (tertiary/aromatic N) is 4. The van der Waals surface area contributed by atoms with E-state index in [1.165, 1.54) is 36.4 Å². The molecule has 2 unspecified atom stereocenters. The first-order valence-corrected chi connectivity index (χ1v) is 20.5. The molecule has 15 nitrogen and oxygen atoms in total. The Kier molecular flexibility index (Phi) is 13.4. The maximum atomic E-state index is 13.5. The number of hydrogen-bond donors (Lipinski definition) is 2. The van der Waals surface area contributed by atoms with Gasteiger partial charge in [-0.3, -0.25) is 0 Å². The van der Waals surface area contributed by atoms with Crippen LogP contribution in [0.4, 0.5) is 9.59 Å². The lowest BCUT2D eigenvalue weighted by Gasteiger charge is -2.29. The lowest BCUT2D eigenvalue weighted by atomic mass is 9.92. The monoisotopic (exact) mass is 896 g/mol. The third kappa shape index (κ3) is 11.9. The first-order valence-electron chi connectivity index (χ1n) is 19.7. The number of alkyl carbamates (subject to hydrolysis) is 2. The molecule has 17 heteroatoms. The van der Waals surface area contributed by atoms with Crippen LogP contribution in [-0.2, 0) is 38.1 Å². The van der Waals surface area contributed by atoms with E-state index in [0.29, 0.717) is 0 Å². The van der Waals surface area contributed by atoms with Crippen molar-refractivity contribution in [3.63, 3.8) is 0 Å². The Balaban J connectivity index is 1.22. The summed E-state index contributed by atoms with van der Waals surface area (Å²) in [6.07, 6.45) is -0.874. The molecule has 6 rings (SSSR count). The lowest BCUT2D eigenvalue weighted by Crippen LogP contribution is -2.47. The summed E-state index contributed by atoms with van der Waals surface area (Å²) < 4.78 is 28.5. The minimum Gasteiger partial charge on any atom is -0.444 e. The summed E-state index contributed by atoms with van der Waals surface area (Å²) in [6, 6.07) is 27.0. The molecule has 0 aliphatic rings. The number of nitrogens with one attached hydrogen (secondary N) is 2. The largest absolute Gasteiger partial charge is 0.444 e. The standard InChI is InChI=1S/C46H46Cl2N6O9/c1-43(2,3)62-41(57)49-45(7,25-27-15-11-9-12-16-27)39-53-51-35(59-39)31-23-29(19-21-33(31)47)37(55)61-38(56)30-20-22-34(48)32(24-30)36-52-54-40(60-36)46(8,26-28-17-13-10-14-18-28)50-42(58)63-44(4,5)6/h9-24H,25-26H2,1-8H3,(H,49,57)(H,50,58). The fourth-order valence-corrected chi connectivity index (χ4v) is 6.75. The van der Waals surface area contributed by atoms with Crippen LogP contribution in [0.3, 0.4) is 0 Å². The number of halogens is 2. The van der Waals surface area contributed by atoms with E-state index in [1.807, 2.05) is 60.7 Å². The van der Waals surface area contributed by atoms with Gasteiger partial charge in [0.15, 0.2) is 0 Å². The third-order valence-electron chi connectivity index (χ3n) is 9.20. The highest BCUT2D eigenvalue weighted by molar-refractivity contribution is 6.33. The molecular weight excluding hydrogens is 851 g/mol. The summed E-state index contributed by atoms with van der Waals surface area (Å²) in [5.74, 6) is -2.08. The van der Waals surface area contributed by atoms with E-state index in [-0.39, 0.29) is 68.7 Å². The van der Waals surface area contributed by atoms with Crippen LogP contribution < -0.4 is 10.6 Å². The molecule has 328 valence electrons. The predicted molar refractivity (Wildman–Crippen MR) is 233 cm³/mol. The number of hydrogen-bond acceptors (Lipinski definition) is 13. The van der Waals surface area contributed by atoms with Crippen molar-refractivity contribution >= 4 is 47.3 Å². The van der Waals surface area contributed by atoms with Crippen molar-refractivity contribution in [3.05, 3.63) is 141 Å². The van der Waals surface area contributed by atoms with Crippen LogP contribution in [0.5, 0.6) is 0 Å². The zero-order valence-electron chi connectivity index (χ0n) is 35.9. The topological polar surface area (TPSA) is 198 Å². The zero-order chi connectivity index (χ0) is 45.7. The Labute approximate surface area is 373 Å². The maximum absolute atomic E-state index is 13.5. The fourth-order valence-electron chi connectivity index (χ4n) is 6.36. The minimum absolute atomic E-state index is 0.0403. The van der Waals surface area contributed by atoms with Gasteiger partial charge in [-0.2, -0.15) is 0 Å². The second-order valence-electron chi connectivity index (χ2n) is 17.1. The van der Waals surface area contributed by atoms with E-state index < -0.39 is 46.4 Å². The molecule has 0 spiro atoms. The summed E-state index contributed by atoms with van der Waals surface area (Å²) >= 11 is 13.1. The van der Waals surface area contributed by atoms with E-state index in [0.717, 1.165) is 11.1 Å². The molecule has 2 aromatic heterocycles. The number of carbonyl (C=O) groups excluding carboxylic acids is 4. The van der Waals surface area contributed by atoms with Crippen molar-refractivity contribution < 1.29 is 42.2 Å². The second kappa shape index (κ2) is 18.4. The molecule has 4 aromatic carbocycles. The first kappa shape index (κ1) is 45.9. The van der Waals surface area contributed by atoms with E-state index in [4.69, 9.17) is 46.2 Å². The highest BCUT2D eigenvalue weighted by Crippen LogP contribution is 2.34. The molecule has 63 heavy (non-hydrogen) atoms. The molecule has 2 atom stereocenters. The van der Waals surface area contributed by atoms with E-state index in [1.54, 1.807) is 55.4 Å². The number of aromatic nitrogens is 4. The van der Waals surface area contributed by atoms with Crippen LogP contribution >= 0.6 is 23.2 Å². The van der Waals surface area contributed by atoms with Gasteiger partial charge in [-0.05, 0) is 103 Å². The van der Waals surface area contributed by atoms with Crippen LogP contribution in [0.1, 0.15) is 99.0 Å². The maximum Gasteiger partial charge on any atom is 0.408 e. The van der Waals surface area contributed by atoms with Crippen molar-refractivity contribution in [1.82, 2.24) is 31.0 Å². The second-order valence-corrected chi connectivity index (χ2v) is 17.9. The molecular formula is C46H46Cl2N6O9. The summed E-state index contributed by atoms with van der Waals surface area (Å²) in [4.78, 5) is 52.9. The highest BCUT2D eigenvalue weighted by atomic mass is 35.5. The number of rotatable bonds is 12. The molecule has 2 N–H and O–H groups in total. The molecule has 2 amide bonds. The van der Waals surface area contributed by atoms with Crippen LogP contribution in [0.2, 0.25) is 10.0 Å². The van der Waals surface area contributed by atoms with Gasteiger partial charge in [0.1, 0.15) is 22.3 Å². The van der Waals surface area contributed by atoms with Gasteiger partial charge in [-0.1, -0.05) is 83.9 Å². The SMILES string of the molecule is CC(C)(C)OC(=O)NC(C)(Cc1ccccc1)c1nnc(-c2cc(C(=O)OC(=O)c3ccc(Cl)c(-c4nnc(C(C)(Cc5ccccc5)NC(=O)OC(C)(C)C)o4)c3)ccc2Cl)o1. The third-order valence-corrected chi connectivity index (χ3v) is 9.86. The molecule has 0 aliphatic heterocycles. The van der Waals surface area contributed by atoms with Crippen LogP contribution in [0, 0.1) is 0 Å². The van der Waals surface area contributed by atoms with Crippen LogP contribution in [0.15, 0.2) is 106 Å². The highest BCUT2D eigenvalue weighted by Gasteiger charge is 2.38. The smallest absolute Gasteiger partial charge is 0.408 e. The first-order chi connectivity index (χ1) is 29.6. The number of ether oxygens (including phenoxy) is 3. The average Bonchev–Trinajstić information content (AvgIpc) is 3.90. The number of esters is 2. The zero-order valence-corrected chi connectivity index (χ0v) is 37.4. The summed E-state index contributed by atoms with van der Waals surface area (Å²) in [7, 11) is 0. The van der Waals surface area contributed by atoms with Gasteiger partial charge in [-0.15, -0.1) is 20.4 Å². The molecule has 6 aromatic rings. The Hall–Kier alpha value is -6.58. The van der Waals surface area contributed by atoms with Crippen molar-refractivity contribution in [2.45, 2.75) is 90.5 Å². The van der Waals surface area contributed by atoms with Gasteiger partial charge < -0.3 is 33.7 Å². The van der Waals surface area contributed by atoms with Gasteiger partial charge >= 0.3 is 24.1 Å². The van der Waals surface area contributed by atoms with E-state index in [9.17, 15) is 19.2 Å². The molecule has 0 fully saturated rings. The summed E-state index contributed by atoms with van der Waals surface area (Å²) in [5, 5.41) is 22.9.